The van der Waals surface area contributed by atoms with E-state index in [1.54, 1.807) is 18.2 Å². The molecule has 166 valence electrons. The molecule has 1 heterocycles. The van der Waals surface area contributed by atoms with Gasteiger partial charge >= 0.3 is 0 Å². The molecule has 2 aromatic carbocycles. The van der Waals surface area contributed by atoms with Crippen molar-refractivity contribution in [2.24, 2.45) is 0 Å². The number of amides is 1. The van der Waals surface area contributed by atoms with Gasteiger partial charge in [-0.25, -0.2) is 8.42 Å². The number of nitrogens with one attached hydrogen (secondary N) is 1. The summed E-state index contributed by atoms with van der Waals surface area (Å²) in [6.07, 6.45) is 5.22. The Balaban J connectivity index is 1.62. The SMILES string of the molecule is Cc1ccc(N(CC(=O)NC2CCCCC2)S(=O)(=O)c2ccc3c(c2)OCCO3)cc1. The zero-order valence-corrected chi connectivity index (χ0v) is 18.5. The standard InChI is InChI=1S/C23H28N2O5S/c1-17-7-9-19(10-8-17)25(16-23(26)24-18-5-3-2-4-6-18)31(27,28)20-11-12-21-22(15-20)30-14-13-29-21/h7-12,15,18H,2-6,13-14,16H2,1H3,(H,24,26). The molecule has 0 aromatic heterocycles. The average Bonchev–Trinajstić information content (AvgIpc) is 2.78. The Bertz CT molecular complexity index is 1030. The van der Waals surface area contributed by atoms with Gasteiger partial charge in [-0.15, -0.1) is 0 Å². The van der Waals surface area contributed by atoms with Crippen LogP contribution >= 0.6 is 0 Å². The van der Waals surface area contributed by atoms with Crippen molar-refractivity contribution in [2.75, 3.05) is 24.1 Å². The van der Waals surface area contributed by atoms with E-state index in [1.807, 2.05) is 19.1 Å². The number of carbonyl (C=O) groups is 1. The zero-order valence-electron chi connectivity index (χ0n) is 17.7. The van der Waals surface area contributed by atoms with Crippen LogP contribution in [0.3, 0.4) is 0 Å². The molecule has 7 nitrogen and oxygen atoms in total. The second kappa shape index (κ2) is 9.18. The van der Waals surface area contributed by atoms with Gasteiger partial charge in [0, 0.05) is 12.1 Å². The van der Waals surface area contributed by atoms with Crippen molar-refractivity contribution in [1.82, 2.24) is 5.32 Å². The predicted molar refractivity (Wildman–Crippen MR) is 118 cm³/mol. The van der Waals surface area contributed by atoms with E-state index in [2.05, 4.69) is 5.32 Å². The molecule has 31 heavy (non-hydrogen) atoms. The number of aryl methyl sites for hydroxylation is 1. The summed E-state index contributed by atoms with van der Waals surface area (Å²) in [5.74, 6) is 0.610. The van der Waals surface area contributed by atoms with Gasteiger partial charge in [-0.05, 0) is 44.0 Å². The smallest absolute Gasteiger partial charge is 0.264 e. The maximum Gasteiger partial charge on any atom is 0.264 e. The maximum absolute atomic E-state index is 13.6. The molecule has 0 atom stereocenters. The van der Waals surface area contributed by atoms with Crippen LogP contribution < -0.4 is 19.1 Å². The number of hydrogen-bond donors (Lipinski definition) is 1. The fourth-order valence-corrected chi connectivity index (χ4v) is 5.43. The second-order valence-corrected chi connectivity index (χ2v) is 9.92. The monoisotopic (exact) mass is 444 g/mol. The highest BCUT2D eigenvalue weighted by Gasteiger charge is 2.29. The Morgan fingerprint density at radius 2 is 1.68 bits per heavy atom. The van der Waals surface area contributed by atoms with Crippen molar-refractivity contribution in [3.8, 4) is 11.5 Å². The first-order valence-electron chi connectivity index (χ1n) is 10.7. The van der Waals surface area contributed by atoms with E-state index in [-0.39, 0.29) is 23.4 Å². The quantitative estimate of drug-likeness (QED) is 0.738. The number of benzene rings is 2. The van der Waals surface area contributed by atoms with Gasteiger partial charge in [0.15, 0.2) is 11.5 Å². The van der Waals surface area contributed by atoms with Gasteiger partial charge in [0.1, 0.15) is 19.8 Å². The molecule has 1 amide bonds. The number of sulfonamides is 1. The van der Waals surface area contributed by atoms with Crippen LogP contribution in [0, 0.1) is 6.92 Å². The number of fused-ring (bicyclic) bond motifs is 1. The Kier molecular flexibility index (Phi) is 6.36. The van der Waals surface area contributed by atoms with Gasteiger partial charge in [-0.3, -0.25) is 9.10 Å². The Hall–Kier alpha value is -2.74. The fourth-order valence-electron chi connectivity index (χ4n) is 3.99. The molecule has 2 aliphatic rings. The summed E-state index contributed by atoms with van der Waals surface area (Å²) in [6.45, 7) is 2.44. The summed E-state index contributed by atoms with van der Waals surface area (Å²) in [7, 11) is -4.00. The number of carbonyl (C=O) groups excluding carboxylic acids is 1. The molecule has 1 aliphatic carbocycles. The molecular weight excluding hydrogens is 416 g/mol. The summed E-state index contributed by atoms with van der Waals surface area (Å²) in [4.78, 5) is 12.9. The lowest BCUT2D eigenvalue weighted by molar-refractivity contribution is -0.120. The first-order valence-corrected chi connectivity index (χ1v) is 12.2. The van der Waals surface area contributed by atoms with Crippen LogP contribution in [0.4, 0.5) is 5.69 Å². The second-order valence-electron chi connectivity index (χ2n) is 8.06. The lowest BCUT2D eigenvalue weighted by Crippen LogP contribution is -2.44. The lowest BCUT2D eigenvalue weighted by Gasteiger charge is -2.27. The molecular formula is C23H28N2O5S. The van der Waals surface area contributed by atoms with Crippen molar-refractivity contribution >= 4 is 21.6 Å². The van der Waals surface area contributed by atoms with E-state index >= 15 is 0 Å². The third-order valence-electron chi connectivity index (χ3n) is 5.68. The molecule has 1 fully saturated rings. The van der Waals surface area contributed by atoms with Crippen LogP contribution in [0.25, 0.3) is 0 Å². The molecule has 8 heteroatoms. The number of rotatable bonds is 6. The summed E-state index contributed by atoms with van der Waals surface area (Å²) in [5, 5.41) is 3.01. The highest BCUT2D eigenvalue weighted by molar-refractivity contribution is 7.92. The molecule has 0 saturated heterocycles. The fraction of sp³-hybridized carbons (Fsp3) is 0.435. The predicted octanol–water partition coefficient (Wildman–Crippen LogP) is 3.41. The average molecular weight is 445 g/mol. The highest BCUT2D eigenvalue weighted by atomic mass is 32.2. The zero-order chi connectivity index (χ0) is 21.8. The van der Waals surface area contributed by atoms with Crippen LogP contribution in [-0.2, 0) is 14.8 Å². The normalized spacial score (nSPS) is 16.5. The molecule has 0 spiro atoms. The minimum atomic E-state index is -4.00. The van der Waals surface area contributed by atoms with Crippen molar-refractivity contribution in [3.63, 3.8) is 0 Å². The molecule has 0 radical (unpaired) electrons. The van der Waals surface area contributed by atoms with E-state index in [0.717, 1.165) is 35.6 Å². The minimum Gasteiger partial charge on any atom is -0.486 e. The number of anilines is 1. The Morgan fingerprint density at radius 3 is 2.39 bits per heavy atom. The van der Waals surface area contributed by atoms with Gasteiger partial charge < -0.3 is 14.8 Å². The van der Waals surface area contributed by atoms with Gasteiger partial charge in [0.25, 0.3) is 10.0 Å². The van der Waals surface area contributed by atoms with E-state index in [0.29, 0.717) is 30.4 Å². The number of ether oxygens (including phenoxy) is 2. The first kappa shape index (κ1) is 21.5. The molecule has 1 aliphatic heterocycles. The summed E-state index contributed by atoms with van der Waals surface area (Å²) in [6, 6.07) is 11.8. The van der Waals surface area contributed by atoms with E-state index in [9.17, 15) is 13.2 Å². The third-order valence-corrected chi connectivity index (χ3v) is 7.45. The topological polar surface area (TPSA) is 84.9 Å². The molecule has 0 unspecified atom stereocenters. The lowest BCUT2D eigenvalue weighted by atomic mass is 9.95. The van der Waals surface area contributed by atoms with E-state index in [1.165, 1.54) is 18.6 Å². The van der Waals surface area contributed by atoms with Crippen LogP contribution in [0.5, 0.6) is 11.5 Å². The molecule has 2 aromatic rings. The highest BCUT2D eigenvalue weighted by Crippen LogP contribution is 2.34. The van der Waals surface area contributed by atoms with Crippen molar-refractivity contribution in [2.45, 2.75) is 50.0 Å². The number of hydrogen-bond acceptors (Lipinski definition) is 5. The van der Waals surface area contributed by atoms with Crippen LogP contribution in [0.2, 0.25) is 0 Å². The van der Waals surface area contributed by atoms with Crippen molar-refractivity contribution in [1.29, 1.82) is 0 Å². The van der Waals surface area contributed by atoms with E-state index < -0.39 is 10.0 Å². The van der Waals surface area contributed by atoms with Crippen molar-refractivity contribution < 1.29 is 22.7 Å². The molecule has 4 rings (SSSR count). The molecule has 1 N–H and O–H groups in total. The van der Waals surface area contributed by atoms with Gasteiger partial charge in [-0.2, -0.15) is 0 Å². The van der Waals surface area contributed by atoms with Gasteiger partial charge in [0.2, 0.25) is 5.91 Å². The number of nitrogens with zero attached hydrogens (tertiary/aromatic N) is 1. The minimum absolute atomic E-state index is 0.0581. The summed E-state index contributed by atoms with van der Waals surface area (Å²) >= 11 is 0. The molecule has 0 bridgehead atoms. The van der Waals surface area contributed by atoms with Gasteiger partial charge in [-0.1, -0.05) is 37.0 Å². The van der Waals surface area contributed by atoms with Crippen LogP contribution in [0.15, 0.2) is 47.4 Å². The molecule has 1 saturated carbocycles. The van der Waals surface area contributed by atoms with Crippen molar-refractivity contribution in [3.05, 3.63) is 48.0 Å². The van der Waals surface area contributed by atoms with Gasteiger partial charge in [0.05, 0.1) is 10.6 Å². The van der Waals surface area contributed by atoms with E-state index in [4.69, 9.17) is 9.47 Å². The first-order chi connectivity index (χ1) is 14.9. The summed E-state index contributed by atoms with van der Waals surface area (Å²) in [5.41, 5.74) is 1.45. The summed E-state index contributed by atoms with van der Waals surface area (Å²) < 4.78 is 39.4. The van der Waals surface area contributed by atoms with Crippen LogP contribution in [-0.4, -0.2) is 40.1 Å². The Morgan fingerprint density at radius 1 is 1.00 bits per heavy atom. The van der Waals surface area contributed by atoms with Crippen LogP contribution in [0.1, 0.15) is 37.7 Å². The Labute approximate surface area is 183 Å². The third kappa shape index (κ3) is 4.95. The largest absolute Gasteiger partial charge is 0.486 e. The maximum atomic E-state index is 13.6.